The van der Waals surface area contributed by atoms with Gasteiger partial charge in [-0.3, -0.25) is 4.79 Å². The van der Waals surface area contributed by atoms with E-state index in [1.165, 1.54) is 0 Å². The fourth-order valence-electron chi connectivity index (χ4n) is 5.81. The summed E-state index contributed by atoms with van der Waals surface area (Å²) in [6.07, 6.45) is 0. The molecule has 1 N–H and O–H groups in total. The van der Waals surface area contributed by atoms with Gasteiger partial charge in [0.15, 0.2) is 17.3 Å². The molecule has 6 nitrogen and oxygen atoms in total. The summed E-state index contributed by atoms with van der Waals surface area (Å²) in [4.78, 5) is 27.1. The molecule has 0 fully saturated rings. The highest BCUT2D eigenvalue weighted by Crippen LogP contribution is 2.48. The zero-order valence-corrected chi connectivity index (χ0v) is 23.3. The first-order valence-electron chi connectivity index (χ1n) is 13.9. The second-order valence-electron chi connectivity index (χ2n) is 10.0. The van der Waals surface area contributed by atoms with Crippen LogP contribution in [0.25, 0.3) is 16.5 Å². The van der Waals surface area contributed by atoms with E-state index in [0.29, 0.717) is 47.1 Å². The third kappa shape index (κ3) is 4.65. The highest BCUT2D eigenvalue weighted by molar-refractivity contribution is 6.23. The van der Waals surface area contributed by atoms with Gasteiger partial charge >= 0.3 is 5.97 Å². The number of esters is 1. The first-order valence-corrected chi connectivity index (χ1v) is 13.9. The van der Waals surface area contributed by atoms with Crippen molar-refractivity contribution in [3.05, 3.63) is 124 Å². The fraction of sp³-hybridized carbons (Fsp3) is 0.200. The predicted molar refractivity (Wildman–Crippen MR) is 159 cm³/mol. The number of hydrogen-bond acceptors (Lipinski definition) is 6. The van der Waals surface area contributed by atoms with Crippen LogP contribution in [0.4, 0.5) is 0 Å². The number of rotatable bonds is 8. The predicted octanol–water partition coefficient (Wildman–Crippen LogP) is 6.95. The van der Waals surface area contributed by atoms with Crippen molar-refractivity contribution in [1.29, 1.82) is 0 Å². The lowest BCUT2D eigenvalue weighted by atomic mass is 9.79. The number of carbonyl (C=O) groups is 2. The van der Waals surface area contributed by atoms with E-state index < -0.39 is 11.9 Å². The van der Waals surface area contributed by atoms with Crippen molar-refractivity contribution < 1.29 is 23.8 Å². The molecule has 4 aromatic rings. The van der Waals surface area contributed by atoms with Crippen LogP contribution in [0.15, 0.2) is 102 Å². The van der Waals surface area contributed by atoms with Gasteiger partial charge in [0.25, 0.3) is 0 Å². The molecule has 1 heterocycles. The summed E-state index contributed by atoms with van der Waals surface area (Å²) in [5.74, 6) is -0.0407. The van der Waals surface area contributed by atoms with E-state index >= 15 is 0 Å². The Bertz CT molecular complexity index is 1740. The number of ether oxygens (including phenoxy) is 3. The summed E-state index contributed by atoms with van der Waals surface area (Å²) in [5.41, 5.74) is 5.61. The Morgan fingerprint density at radius 3 is 2.39 bits per heavy atom. The van der Waals surface area contributed by atoms with Crippen molar-refractivity contribution in [2.24, 2.45) is 0 Å². The number of ketones is 1. The Hall–Kier alpha value is -4.84. The molecule has 6 heteroatoms. The van der Waals surface area contributed by atoms with Gasteiger partial charge < -0.3 is 19.5 Å². The lowest BCUT2D eigenvalue weighted by molar-refractivity contribution is -0.138. The number of dihydropyridines is 1. The molecule has 0 spiro atoms. The van der Waals surface area contributed by atoms with E-state index in [4.69, 9.17) is 14.2 Å². The third-order valence-corrected chi connectivity index (χ3v) is 7.61. The second kappa shape index (κ2) is 11.0. The zero-order valence-electron chi connectivity index (χ0n) is 23.3. The summed E-state index contributed by atoms with van der Waals surface area (Å²) < 4.78 is 17.8. The average Bonchev–Trinajstić information content (AvgIpc) is 3.27. The van der Waals surface area contributed by atoms with E-state index in [-0.39, 0.29) is 12.4 Å². The topological polar surface area (TPSA) is 73.9 Å². The highest BCUT2D eigenvalue weighted by atomic mass is 16.5. The summed E-state index contributed by atoms with van der Waals surface area (Å²) in [6.45, 7) is 6.56. The van der Waals surface area contributed by atoms with Gasteiger partial charge in [0.05, 0.1) is 24.5 Å². The SMILES string of the molecule is CCOC(=O)C1=C(C)NC2=C(C(=O)c3ccccc32)[C@@H]1c1ccc(OCc2cccc3ccccc23)c(OCC)c1. The van der Waals surface area contributed by atoms with Gasteiger partial charge in [-0.2, -0.15) is 0 Å². The molecule has 4 aromatic carbocycles. The van der Waals surface area contributed by atoms with Gasteiger partial charge in [0.1, 0.15) is 6.61 Å². The number of Topliss-reactive ketones (excluding diaryl/α,β-unsaturated/α-hetero) is 1. The molecule has 41 heavy (non-hydrogen) atoms. The van der Waals surface area contributed by atoms with Crippen LogP contribution in [-0.2, 0) is 16.1 Å². The second-order valence-corrected chi connectivity index (χ2v) is 10.0. The standard InChI is InChI=1S/C35H31NO5/c1-4-39-29-19-23(17-18-28(29)41-20-24-13-10-12-22-11-6-7-14-25(22)24)31-30(35(38)40-5-2)21(3)36-33-26-15-8-9-16-27(26)34(37)32(31)33/h6-19,31,36H,4-5,20H2,1-3H3/t31-/m1/s1. The van der Waals surface area contributed by atoms with Crippen LogP contribution in [-0.4, -0.2) is 25.0 Å². The maximum atomic E-state index is 13.8. The first kappa shape index (κ1) is 26.4. The minimum atomic E-state index is -0.628. The normalized spacial score (nSPS) is 15.9. The molecule has 1 atom stereocenters. The van der Waals surface area contributed by atoms with E-state index in [1.807, 2.05) is 74.5 Å². The molecule has 0 amide bonds. The Morgan fingerprint density at radius 2 is 1.59 bits per heavy atom. The molecule has 1 aliphatic heterocycles. The molecule has 0 saturated heterocycles. The molecular formula is C35H31NO5. The largest absolute Gasteiger partial charge is 0.490 e. The van der Waals surface area contributed by atoms with Crippen LogP contribution >= 0.6 is 0 Å². The number of benzene rings is 4. The van der Waals surface area contributed by atoms with Crippen molar-refractivity contribution in [2.45, 2.75) is 33.3 Å². The maximum Gasteiger partial charge on any atom is 0.336 e. The van der Waals surface area contributed by atoms with E-state index in [1.54, 1.807) is 6.92 Å². The molecule has 0 aromatic heterocycles. The number of carbonyl (C=O) groups excluding carboxylic acids is 2. The molecule has 0 unspecified atom stereocenters. The molecule has 206 valence electrons. The fourth-order valence-corrected chi connectivity index (χ4v) is 5.81. The molecule has 1 aliphatic carbocycles. The molecule has 2 aliphatic rings. The number of nitrogens with one attached hydrogen (secondary N) is 1. The van der Waals surface area contributed by atoms with Gasteiger partial charge in [-0.05, 0) is 54.8 Å². The molecule has 0 bridgehead atoms. The van der Waals surface area contributed by atoms with Gasteiger partial charge in [0, 0.05) is 28.3 Å². The molecule has 0 radical (unpaired) electrons. The first-order chi connectivity index (χ1) is 20.0. The zero-order chi connectivity index (χ0) is 28.5. The Morgan fingerprint density at radius 1 is 0.829 bits per heavy atom. The average molecular weight is 546 g/mol. The summed E-state index contributed by atoms with van der Waals surface area (Å²) >= 11 is 0. The quantitative estimate of drug-likeness (QED) is 0.242. The molecular weight excluding hydrogens is 514 g/mol. The monoisotopic (exact) mass is 545 g/mol. The number of fused-ring (bicyclic) bond motifs is 3. The minimum absolute atomic E-state index is 0.100. The van der Waals surface area contributed by atoms with Gasteiger partial charge in [-0.15, -0.1) is 0 Å². The summed E-state index contributed by atoms with van der Waals surface area (Å²) in [7, 11) is 0. The van der Waals surface area contributed by atoms with Gasteiger partial charge in [-0.1, -0.05) is 72.8 Å². The maximum absolute atomic E-state index is 13.8. The Kier molecular flexibility index (Phi) is 7.06. The smallest absolute Gasteiger partial charge is 0.336 e. The van der Waals surface area contributed by atoms with Crippen molar-refractivity contribution >= 4 is 28.2 Å². The molecule has 6 rings (SSSR count). The van der Waals surface area contributed by atoms with Crippen LogP contribution in [0.2, 0.25) is 0 Å². The van der Waals surface area contributed by atoms with Crippen molar-refractivity contribution in [3.8, 4) is 11.5 Å². The van der Waals surface area contributed by atoms with Crippen LogP contribution in [0.5, 0.6) is 11.5 Å². The minimum Gasteiger partial charge on any atom is -0.490 e. The third-order valence-electron chi connectivity index (χ3n) is 7.61. The van der Waals surface area contributed by atoms with Crippen LogP contribution in [0.1, 0.15) is 53.7 Å². The summed E-state index contributed by atoms with van der Waals surface area (Å²) in [5, 5.41) is 5.63. The van der Waals surface area contributed by atoms with Crippen LogP contribution in [0, 0.1) is 0 Å². The lowest BCUT2D eigenvalue weighted by Crippen LogP contribution is -2.29. The lowest BCUT2D eigenvalue weighted by Gasteiger charge is -2.29. The number of hydrogen-bond donors (Lipinski definition) is 1. The van der Waals surface area contributed by atoms with Gasteiger partial charge in [-0.25, -0.2) is 4.79 Å². The summed E-state index contributed by atoms with van der Waals surface area (Å²) in [6, 6.07) is 27.5. The highest BCUT2D eigenvalue weighted by Gasteiger charge is 2.43. The Labute approximate surface area is 239 Å². The van der Waals surface area contributed by atoms with E-state index in [2.05, 4.69) is 29.6 Å². The van der Waals surface area contributed by atoms with Gasteiger partial charge in [0.2, 0.25) is 0 Å². The van der Waals surface area contributed by atoms with E-state index in [9.17, 15) is 9.59 Å². The Balaban J connectivity index is 1.41. The van der Waals surface area contributed by atoms with Crippen molar-refractivity contribution in [2.75, 3.05) is 13.2 Å². The van der Waals surface area contributed by atoms with E-state index in [0.717, 1.165) is 33.2 Å². The number of allylic oxidation sites excluding steroid dienone is 2. The van der Waals surface area contributed by atoms with Crippen LogP contribution < -0.4 is 14.8 Å². The van der Waals surface area contributed by atoms with Crippen molar-refractivity contribution in [3.63, 3.8) is 0 Å². The van der Waals surface area contributed by atoms with Crippen LogP contribution in [0.3, 0.4) is 0 Å². The van der Waals surface area contributed by atoms with Crippen molar-refractivity contribution in [1.82, 2.24) is 5.32 Å². The molecule has 0 saturated carbocycles.